The van der Waals surface area contributed by atoms with Gasteiger partial charge in [0.1, 0.15) is 0 Å². The zero-order valence-corrected chi connectivity index (χ0v) is 11.8. The second-order valence-corrected chi connectivity index (χ2v) is 5.97. The highest BCUT2D eigenvalue weighted by atomic mass is 32.2. The highest BCUT2D eigenvalue weighted by Crippen LogP contribution is 2.28. The van der Waals surface area contributed by atoms with Gasteiger partial charge in [-0.05, 0) is 18.6 Å². The molecule has 1 unspecified atom stereocenters. The van der Waals surface area contributed by atoms with Crippen LogP contribution < -0.4 is 4.72 Å². The van der Waals surface area contributed by atoms with Crippen LogP contribution in [0.4, 0.5) is 5.69 Å². The monoisotopic (exact) mass is 318 g/mol. The van der Waals surface area contributed by atoms with Crippen molar-refractivity contribution in [3.05, 3.63) is 28.3 Å². The number of nitrogens with zero attached hydrogens (tertiary/aromatic N) is 1. The molecular weight excluding hydrogens is 304 g/mol. The lowest BCUT2D eigenvalue weighted by atomic mass is 10.1. The lowest BCUT2D eigenvalue weighted by molar-refractivity contribution is -0.386. The van der Waals surface area contributed by atoms with E-state index >= 15 is 0 Å². The van der Waals surface area contributed by atoms with Gasteiger partial charge in [0.15, 0.2) is 5.75 Å². The molecule has 1 atom stereocenters. The van der Waals surface area contributed by atoms with Crippen LogP contribution >= 0.6 is 0 Å². The van der Waals surface area contributed by atoms with Gasteiger partial charge in [-0.25, -0.2) is 13.1 Å². The van der Waals surface area contributed by atoms with Crippen molar-refractivity contribution in [2.45, 2.75) is 18.2 Å². The molecular formula is C11H14N2O7S. The Morgan fingerprint density at radius 3 is 2.57 bits per heavy atom. The number of nitrogens with one attached hydrogen (secondary N) is 1. The minimum Gasteiger partial charge on any atom is -0.502 e. The Morgan fingerprint density at radius 2 is 2.10 bits per heavy atom. The predicted molar refractivity (Wildman–Crippen MR) is 71.4 cm³/mol. The standard InChI is InChI=1S/C11H14N2O7S/c1-2-7(11(15)16)6-12-21(19,20)8-3-4-10(14)9(5-8)13(17)18/h3-5,7,12,14H,2,6H2,1H3,(H,15,16). The highest BCUT2D eigenvalue weighted by Gasteiger charge is 2.23. The van der Waals surface area contributed by atoms with Gasteiger partial charge >= 0.3 is 11.7 Å². The van der Waals surface area contributed by atoms with Gasteiger partial charge in [0.25, 0.3) is 0 Å². The minimum absolute atomic E-state index is 0.230. The summed E-state index contributed by atoms with van der Waals surface area (Å²) in [5.41, 5.74) is -0.747. The van der Waals surface area contributed by atoms with Crippen molar-refractivity contribution in [3.8, 4) is 5.75 Å². The number of rotatable bonds is 7. The molecule has 0 aliphatic carbocycles. The van der Waals surface area contributed by atoms with Crippen LogP contribution in [0.2, 0.25) is 0 Å². The summed E-state index contributed by atoms with van der Waals surface area (Å²) in [7, 11) is -4.10. The summed E-state index contributed by atoms with van der Waals surface area (Å²) in [6, 6.07) is 2.59. The summed E-state index contributed by atoms with van der Waals surface area (Å²) in [5, 5.41) is 28.8. The minimum atomic E-state index is -4.10. The van der Waals surface area contributed by atoms with Gasteiger partial charge < -0.3 is 10.2 Å². The highest BCUT2D eigenvalue weighted by molar-refractivity contribution is 7.89. The number of nitro groups is 1. The molecule has 21 heavy (non-hydrogen) atoms. The van der Waals surface area contributed by atoms with Gasteiger partial charge in [-0.3, -0.25) is 14.9 Å². The molecule has 0 aromatic heterocycles. The maximum Gasteiger partial charge on any atom is 0.312 e. The van der Waals surface area contributed by atoms with E-state index in [0.29, 0.717) is 6.07 Å². The van der Waals surface area contributed by atoms with E-state index in [-0.39, 0.29) is 13.0 Å². The summed E-state index contributed by atoms with van der Waals surface area (Å²) < 4.78 is 26.0. The summed E-state index contributed by atoms with van der Waals surface area (Å²) >= 11 is 0. The fourth-order valence-electron chi connectivity index (χ4n) is 1.52. The van der Waals surface area contributed by atoms with Crippen LogP contribution in [0.25, 0.3) is 0 Å². The first-order valence-electron chi connectivity index (χ1n) is 5.89. The Morgan fingerprint density at radius 1 is 1.48 bits per heavy atom. The maximum atomic E-state index is 12.0. The molecule has 9 nitrogen and oxygen atoms in total. The average Bonchev–Trinajstić information content (AvgIpc) is 2.38. The second-order valence-electron chi connectivity index (χ2n) is 4.20. The van der Waals surface area contributed by atoms with E-state index in [1.807, 2.05) is 0 Å². The van der Waals surface area contributed by atoms with Gasteiger partial charge in [-0.15, -0.1) is 0 Å². The number of carboxylic acids is 1. The molecule has 0 amide bonds. The number of benzene rings is 1. The van der Waals surface area contributed by atoms with Crippen molar-refractivity contribution in [2.24, 2.45) is 5.92 Å². The van der Waals surface area contributed by atoms with E-state index in [2.05, 4.69) is 4.72 Å². The van der Waals surface area contributed by atoms with Gasteiger partial charge in [-0.1, -0.05) is 6.92 Å². The number of phenolic OH excluding ortho intramolecular Hbond substituents is 1. The summed E-state index contributed by atoms with van der Waals surface area (Å²) in [4.78, 5) is 20.1. The SMILES string of the molecule is CCC(CNS(=O)(=O)c1ccc(O)c([N+](=O)[O-])c1)C(=O)O. The van der Waals surface area contributed by atoms with Crippen LogP contribution in [0, 0.1) is 16.0 Å². The Bertz CT molecular complexity index is 657. The van der Waals surface area contributed by atoms with Gasteiger partial charge in [0, 0.05) is 12.6 Å². The van der Waals surface area contributed by atoms with E-state index in [1.54, 1.807) is 6.92 Å². The number of carbonyl (C=O) groups is 1. The second kappa shape index (κ2) is 6.50. The molecule has 1 aromatic carbocycles. The van der Waals surface area contributed by atoms with Crippen molar-refractivity contribution < 1.29 is 28.3 Å². The number of hydrogen-bond donors (Lipinski definition) is 3. The Labute approximate surface area is 120 Å². The molecule has 0 aliphatic heterocycles. The lowest BCUT2D eigenvalue weighted by Gasteiger charge is -2.11. The number of aromatic hydroxyl groups is 1. The van der Waals surface area contributed by atoms with Gasteiger partial charge in [0.2, 0.25) is 10.0 Å². The number of nitro benzene ring substituents is 1. The zero-order chi connectivity index (χ0) is 16.2. The quantitative estimate of drug-likeness (QED) is 0.495. The van der Waals surface area contributed by atoms with Gasteiger partial charge in [0.05, 0.1) is 15.7 Å². The fourth-order valence-corrected chi connectivity index (χ4v) is 2.62. The average molecular weight is 318 g/mol. The third kappa shape index (κ3) is 4.13. The van der Waals surface area contributed by atoms with E-state index in [0.717, 1.165) is 12.1 Å². The maximum absolute atomic E-state index is 12.0. The molecule has 3 N–H and O–H groups in total. The van der Waals surface area contributed by atoms with E-state index in [9.17, 15) is 28.4 Å². The number of hydrogen-bond acceptors (Lipinski definition) is 6. The number of carboxylic acid groups (broad SMARTS) is 1. The first-order valence-corrected chi connectivity index (χ1v) is 7.37. The molecule has 0 aliphatic rings. The molecule has 0 saturated carbocycles. The third-order valence-electron chi connectivity index (χ3n) is 2.82. The van der Waals surface area contributed by atoms with Crippen molar-refractivity contribution in [3.63, 3.8) is 0 Å². The molecule has 1 rings (SSSR count). The molecule has 0 saturated heterocycles. The van der Waals surface area contributed by atoms with Crippen molar-refractivity contribution in [1.29, 1.82) is 0 Å². The molecule has 0 bridgehead atoms. The molecule has 0 spiro atoms. The molecule has 0 fully saturated rings. The first kappa shape index (κ1) is 16.9. The Hall–Kier alpha value is -2.20. The molecule has 0 radical (unpaired) electrons. The van der Waals surface area contributed by atoms with Crippen LogP contribution in [0.1, 0.15) is 13.3 Å². The topological polar surface area (TPSA) is 147 Å². The number of aliphatic carboxylic acids is 1. The van der Waals surface area contributed by atoms with E-state index in [4.69, 9.17) is 5.11 Å². The summed E-state index contributed by atoms with van der Waals surface area (Å²) in [6.07, 6.45) is 0.230. The van der Waals surface area contributed by atoms with E-state index in [1.165, 1.54) is 0 Å². The first-order chi connectivity index (χ1) is 9.69. The fraction of sp³-hybridized carbons (Fsp3) is 0.364. The normalized spacial score (nSPS) is 12.8. The molecule has 10 heteroatoms. The van der Waals surface area contributed by atoms with Crippen LogP contribution in [-0.2, 0) is 14.8 Å². The van der Waals surface area contributed by atoms with Crippen LogP contribution in [0.15, 0.2) is 23.1 Å². The molecule has 116 valence electrons. The Balaban J connectivity index is 3.01. The zero-order valence-electron chi connectivity index (χ0n) is 11.0. The number of sulfonamides is 1. The van der Waals surface area contributed by atoms with Crippen molar-refractivity contribution >= 4 is 21.7 Å². The van der Waals surface area contributed by atoms with Crippen LogP contribution in [-0.4, -0.2) is 36.1 Å². The number of phenols is 1. The van der Waals surface area contributed by atoms with Crippen molar-refractivity contribution in [2.75, 3.05) is 6.54 Å². The van der Waals surface area contributed by atoms with Crippen LogP contribution in [0.3, 0.4) is 0 Å². The largest absolute Gasteiger partial charge is 0.502 e. The lowest BCUT2D eigenvalue weighted by Crippen LogP contribution is -2.32. The van der Waals surface area contributed by atoms with E-state index < -0.39 is 43.2 Å². The molecule has 0 heterocycles. The summed E-state index contributed by atoms with van der Waals surface area (Å²) in [5.74, 6) is -2.69. The smallest absolute Gasteiger partial charge is 0.312 e. The predicted octanol–water partition coefficient (Wildman–Crippen LogP) is 0.690. The van der Waals surface area contributed by atoms with Gasteiger partial charge in [-0.2, -0.15) is 0 Å². The molecule has 1 aromatic rings. The Kier molecular flexibility index (Phi) is 5.22. The summed E-state index contributed by atoms with van der Waals surface area (Å²) in [6.45, 7) is 1.27. The van der Waals surface area contributed by atoms with Crippen molar-refractivity contribution in [1.82, 2.24) is 4.72 Å². The van der Waals surface area contributed by atoms with Crippen LogP contribution in [0.5, 0.6) is 5.75 Å². The third-order valence-corrected chi connectivity index (χ3v) is 4.24.